The topological polar surface area (TPSA) is 76.5 Å². The molecular formula is C10H8ClNO3. The molecule has 1 atom stereocenters. The number of furan rings is 1. The second-order valence-electron chi connectivity index (χ2n) is 3.12. The summed E-state index contributed by atoms with van der Waals surface area (Å²) in [4.78, 5) is 10.7. The monoisotopic (exact) mass is 225 g/mol. The maximum absolute atomic E-state index is 10.7. The Morgan fingerprint density at radius 3 is 2.87 bits per heavy atom. The zero-order valence-corrected chi connectivity index (χ0v) is 8.36. The molecule has 0 aliphatic carbocycles. The van der Waals surface area contributed by atoms with Gasteiger partial charge in [0.25, 0.3) is 0 Å². The Morgan fingerprint density at radius 1 is 1.47 bits per heavy atom. The number of carboxylic acids is 1. The quantitative estimate of drug-likeness (QED) is 0.821. The highest BCUT2D eigenvalue weighted by molar-refractivity contribution is 6.36. The zero-order chi connectivity index (χ0) is 11.0. The molecule has 3 N–H and O–H groups in total. The summed E-state index contributed by atoms with van der Waals surface area (Å²) in [5, 5.41) is 9.78. The SMILES string of the molecule is NC(C(=O)O)c1ccc2occc2c1Cl. The van der Waals surface area contributed by atoms with Crippen LogP contribution in [0, 0.1) is 0 Å². The van der Waals surface area contributed by atoms with Crippen molar-refractivity contribution < 1.29 is 14.3 Å². The number of hydrogen-bond acceptors (Lipinski definition) is 3. The van der Waals surface area contributed by atoms with Crippen LogP contribution in [0.3, 0.4) is 0 Å². The highest BCUT2D eigenvalue weighted by atomic mass is 35.5. The Bertz CT molecular complexity index is 520. The highest BCUT2D eigenvalue weighted by Gasteiger charge is 2.19. The van der Waals surface area contributed by atoms with Crippen LogP contribution in [0.25, 0.3) is 11.0 Å². The van der Waals surface area contributed by atoms with Crippen molar-refractivity contribution in [3.63, 3.8) is 0 Å². The summed E-state index contributed by atoms with van der Waals surface area (Å²) in [6, 6.07) is 3.78. The summed E-state index contributed by atoms with van der Waals surface area (Å²) in [6.07, 6.45) is 1.49. The van der Waals surface area contributed by atoms with E-state index in [2.05, 4.69) is 0 Å². The largest absolute Gasteiger partial charge is 0.480 e. The molecule has 1 heterocycles. The van der Waals surface area contributed by atoms with Gasteiger partial charge in [-0.25, -0.2) is 0 Å². The number of hydrogen-bond donors (Lipinski definition) is 2. The third-order valence-corrected chi connectivity index (χ3v) is 2.62. The van der Waals surface area contributed by atoms with E-state index in [1.807, 2.05) is 0 Å². The Hall–Kier alpha value is -1.52. The summed E-state index contributed by atoms with van der Waals surface area (Å²) < 4.78 is 5.12. The third-order valence-electron chi connectivity index (χ3n) is 2.20. The van der Waals surface area contributed by atoms with Gasteiger partial charge in [0.15, 0.2) is 0 Å². The number of halogens is 1. The average Bonchev–Trinajstić information content (AvgIpc) is 2.66. The molecule has 1 unspecified atom stereocenters. The van der Waals surface area contributed by atoms with Gasteiger partial charge in [-0.1, -0.05) is 17.7 Å². The maximum Gasteiger partial charge on any atom is 0.325 e. The van der Waals surface area contributed by atoms with Gasteiger partial charge in [0.2, 0.25) is 0 Å². The lowest BCUT2D eigenvalue weighted by atomic mass is 10.1. The van der Waals surface area contributed by atoms with Gasteiger partial charge in [0.05, 0.1) is 11.3 Å². The van der Waals surface area contributed by atoms with Crippen molar-refractivity contribution in [2.45, 2.75) is 6.04 Å². The van der Waals surface area contributed by atoms with Crippen molar-refractivity contribution in [1.82, 2.24) is 0 Å². The van der Waals surface area contributed by atoms with Crippen LogP contribution in [0.5, 0.6) is 0 Å². The Balaban J connectivity index is 2.62. The zero-order valence-electron chi connectivity index (χ0n) is 7.61. The first-order chi connectivity index (χ1) is 7.11. The lowest BCUT2D eigenvalue weighted by molar-refractivity contribution is -0.138. The number of carboxylic acid groups (broad SMARTS) is 1. The number of carbonyl (C=O) groups is 1. The van der Waals surface area contributed by atoms with Gasteiger partial charge >= 0.3 is 5.97 Å². The van der Waals surface area contributed by atoms with Gasteiger partial charge in [-0.2, -0.15) is 0 Å². The van der Waals surface area contributed by atoms with E-state index in [0.717, 1.165) is 0 Å². The van der Waals surface area contributed by atoms with Gasteiger partial charge in [-0.05, 0) is 17.7 Å². The summed E-state index contributed by atoms with van der Waals surface area (Å²) in [6.45, 7) is 0. The fourth-order valence-corrected chi connectivity index (χ4v) is 1.74. The van der Waals surface area contributed by atoms with Crippen LogP contribution in [0.15, 0.2) is 28.9 Å². The summed E-state index contributed by atoms with van der Waals surface area (Å²) in [7, 11) is 0. The van der Waals surface area contributed by atoms with E-state index in [1.165, 1.54) is 6.26 Å². The molecule has 0 radical (unpaired) electrons. The van der Waals surface area contributed by atoms with Crippen LogP contribution < -0.4 is 5.73 Å². The second-order valence-corrected chi connectivity index (χ2v) is 3.50. The highest BCUT2D eigenvalue weighted by Crippen LogP contribution is 2.30. The van der Waals surface area contributed by atoms with Crippen LogP contribution in [0.4, 0.5) is 0 Å². The summed E-state index contributed by atoms with van der Waals surface area (Å²) >= 11 is 6.02. The number of aliphatic carboxylic acids is 1. The van der Waals surface area contributed by atoms with Crippen molar-refractivity contribution in [1.29, 1.82) is 0 Å². The fourth-order valence-electron chi connectivity index (χ4n) is 1.40. The van der Waals surface area contributed by atoms with Gasteiger partial charge in [-0.15, -0.1) is 0 Å². The summed E-state index contributed by atoms with van der Waals surface area (Å²) in [5.41, 5.74) is 6.48. The second kappa shape index (κ2) is 3.56. The Kier molecular flexibility index (Phi) is 2.38. The first-order valence-electron chi connectivity index (χ1n) is 4.25. The third kappa shape index (κ3) is 1.58. The lowest BCUT2D eigenvalue weighted by Gasteiger charge is -2.08. The average molecular weight is 226 g/mol. The number of nitrogens with two attached hydrogens (primary N) is 1. The van der Waals surface area contributed by atoms with E-state index in [4.69, 9.17) is 26.9 Å². The van der Waals surface area contributed by atoms with Crippen molar-refractivity contribution in [3.05, 3.63) is 35.0 Å². The minimum absolute atomic E-state index is 0.330. The van der Waals surface area contributed by atoms with Crippen LogP contribution >= 0.6 is 11.6 Å². The molecule has 0 fully saturated rings. The molecule has 4 nitrogen and oxygen atoms in total. The number of benzene rings is 1. The van der Waals surface area contributed by atoms with Gasteiger partial charge in [0, 0.05) is 5.39 Å². The molecule has 0 bridgehead atoms. The fraction of sp³-hybridized carbons (Fsp3) is 0.100. The molecule has 0 amide bonds. The van der Waals surface area contributed by atoms with E-state index >= 15 is 0 Å². The molecule has 1 aromatic carbocycles. The van der Waals surface area contributed by atoms with Gasteiger partial charge < -0.3 is 15.3 Å². The van der Waals surface area contributed by atoms with Crippen molar-refractivity contribution >= 4 is 28.5 Å². The van der Waals surface area contributed by atoms with Gasteiger partial charge in [-0.3, -0.25) is 4.79 Å². The smallest absolute Gasteiger partial charge is 0.325 e. The predicted molar refractivity (Wildman–Crippen MR) is 55.8 cm³/mol. The van der Waals surface area contributed by atoms with E-state index in [9.17, 15) is 4.79 Å². The standard InChI is InChI=1S/C10H8ClNO3/c11-8-5-3-4-15-7(5)2-1-6(8)9(12)10(13)14/h1-4,9H,12H2,(H,13,14). The van der Waals surface area contributed by atoms with Crippen LogP contribution in [0.1, 0.15) is 11.6 Å². The van der Waals surface area contributed by atoms with Crippen molar-refractivity contribution in [3.8, 4) is 0 Å². The Morgan fingerprint density at radius 2 is 2.20 bits per heavy atom. The molecule has 0 aliphatic heterocycles. The Labute approximate surface area is 90.2 Å². The molecule has 0 spiro atoms. The van der Waals surface area contributed by atoms with Crippen molar-refractivity contribution in [2.75, 3.05) is 0 Å². The molecule has 2 rings (SSSR count). The van der Waals surface area contributed by atoms with E-state index in [0.29, 0.717) is 21.6 Å². The van der Waals surface area contributed by atoms with Crippen LogP contribution in [-0.4, -0.2) is 11.1 Å². The minimum atomic E-state index is -1.11. The molecule has 0 saturated heterocycles. The minimum Gasteiger partial charge on any atom is -0.480 e. The molecule has 78 valence electrons. The van der Waals surface area contributed by atoms with E-state index < -0.39 is 12.0 Å². The molecule has 15 heavy (non-hydrogen) atoms. The first kappa shape index (κ1) is 10.0. The molecule has 0 saturated carbocycles. The van der Waals surface area contributed by atoms with Crippen LogP contribution in [0.2, 0.25) is 5.02 Å². The molecule has 5 heteroatoms. The molecular weight excluding hydrogens is 218 g/mol. The van der Waals surface area contributed by atoms with Crippen LogP contribution in [-0.2, 0) is 4.79 Å². The van der Waals surface area contributed by atoms with Gasteiger partial charge in [0.1, 0.15) is 11.6 Å². The van der Waals surface area contributed by atoms with E-state index in [-0.39, 0.29) is 0 Å². The number of fused-ring (bicyclic) bond motifs is 1. The molecule has 2 aromatic rings. The first-order valence-corrected chi connectivity index (χ1v) is 4.63. The van der Waals surface area contributed by atoms with E-state index in [1.54, 1.807) is 18.2 Å². The molecule has 1 aromatic heterocycles. The molecule has 0 aliphatic rings. The van der Waals surface area contributed by atoms with Crippen molar-refractivity contribution in [2.24, 2.45) is 5.73 Å². The normalized spacial score (nSPS) is 12.9. The number of rotatable bonds is 2. The summed E-state index contributed by atoms with van der Waals surface area (Å²) in [5.74, 6) is -1.11. The lowest BCUT2D eigenvalue weighted by Crippen LogP contribution is -2.20. The maximum atomic E-state index is 10.7. The predicted octanol–water partition coefficient (Wildman–Crippen LogP) is 2.17.